The number of benzene rings is 1. The Morgan fingerprint density at radius 3 is 2.59 bits per heavy atom. The first-order valence-electron chi connectivity index (χ1n) is 9.67. The molecule has 1 aliphatic heterocycles. The van der Waals surface area contributed by atoms with E-state index in [1.165, 1.54) is 17.4 Å². The minimum absolute atomic E-state index is 0.152. The molecule has 3 aromatic rings. The number of nitriles is 1. The van der Waals surface area contributed by atoms with Gasteiger partial charge in [0.1, 0.15) is 6.07 Å². The van der Waals surface area contributed by atoms with Crippen molar-refractivity contribution in [1.29, 1.82) is 5.26 Å². The van der Waals surface area contributed by atoms with Crippen LogP contribution in [-0.4, -0.2) is 42.0 Å². The second-order valence-corrected chi connectivity index (χ2v) is 7.12. The number of carbonyl (C=O) groups is 1. The molecule has 0 aliphatic carbocycles. The van der Waals surface area contributed by atoms with Gasteiger partial charge in [-0.15, -0.1) is 0 Å². The molecule has 29 heavy (non-hydrogen) atoms. The van der Waals surface area contributed by atoms with Crippen LogP contribution in [0.2, 0.25) is 0 Å². The molecule has 3 heterocycles. The molecule has 4 rings (SSSR count). The Morgan fingerprint density at radius 1 is 1.17 bits per heavy atom. The molecule has 0 saturated carbocycles. The summed E-state index contributed by atoms with van der Waals surface area (Å²) in [7, 11) is 0. The lowest BCUT2D eigenvalue weighted by atomic mass is 10.1. The van der Waals surface area contributed by atoms with E-state index in [2.05, 4.69) is 42.2 Å². The molecule has 0 unspecified atom stereocenters. The second-order valence-electron chi connectivity index (χ2n) is 7.12. The molecule has 7 nitrogen and oxygen atoms in total. The highest BCUT2D eigenvalue weighted by molar-refractivity contribution is 5.76. The zero-order chi connectivity index (χ0) is 20.2. The minimum atomic E-state index is 0.152. The Labute approximate surface area is 169 Å². The van der Waals surface area contributed by atoms with Crippen LogP contribution in [0.4, 0.5) is 5.88 Å². The van der Waals surface area contributed by atoms with Gasteiger partial charge < -0.3 is 18.6 Å². The van der Waals surface area contributed by atoms with Crippen LogP contribution in [0, 0.1) is 18.3 Å². The summed E-state index contributed by atoms with van der Waals surface area (Å²) in [5.41, 5.74) is 2.62. The summed E-state index contributed by atoms with van der Waals surface area (Å²) in [4.78, 5) is 20.6. The van der Waals surface area contributed by atoms with Gasteiger partial charge in [-0.05, 0) is 31.0 Å². The van der Waals surface area contributed by atoms with E-state index < -0.39 is 0 Å². The average molecular weight is 390 g/mol. The Bertz CT molecular complexity index is 1010. The zero-order valence-electron chi connectivity index (χ0n) is 16.3. The quantitative estimate of drug-likeness (QED) is 0.664. The van der Waals surface area contributed by atoms with Crippen molar-refractivity contribution in [2.75, 3.05) is 31.1 Å². The van der Waals surface area contributed by atoms with Gasteiger partial charge in [0.05, 0.1) is 6.26 Å². The van der Waals surface area contributed by atoms with Crippen LogP contribution in [0.3, 0.4) is 0 Å². The van der Waals surface area contributed by atoms with Crippen molar-refractivity contribution in [2.45, 2.75) is 19.8 Å². The van der Waals surface area contributed by atoms with Crippen molar-refractivity contribution in [1.82, 2.24) is 9.88 Å². The third-order valence-corrected chi connectivity index (χ3v) is 5.11. The third-order valence-electron chi connectivity index (χ3n) is 5.11. The van der Waals surface area contributed by atoms with Gasteiger partial charge in [0.2, 0.25) is 17.5 Å². The largest absolute Gasteiger partial charge is 0.459 e. The fraction of sp³-hybridized carbons (Fsp3) is 0.318. The summed E-state index contributed by atoms with van der Waals surface area (Å²) in [6, 6.07) is 13.8. The Morgan fingerprint density at radius 2 is 1.93 bits per heavy atom. The number of piperazine rings is 1. The van der Waals surface area contributed by atoms with Crippen molar-refractivity contribution in [3.05, 3.63) is 59.5 Å². The van der Waals surface area contributed by atoms with E-state index in [9.17, 15) is 10.1 Å². The molecule has 0 bridgehead atoms. The number of carbonyl (C=O) groups excluding carboxylic acids is 1. The predicted octanol–water partition coefficient (Wildman–Crippen LogP) is 3.40. The number of aromatic nitrogens is 1. The molecule has 1 saturated heterocycles. The van der Waals surface area contributed by atoms with E-state index in [0.29, 0.717) is 44.2 Å². The maximum atomic E-state index is 12.6. The molecule has 1 aromatic carbocycles. The van der Waals surface area contributed by atoms with Crippen molar-refractivity contribution in [3.63, 3.8) is 0 Å². The van der Waals surface area contributed by atoms with E-state index >= 15 is 0 Å². The SMILES string of the molecule is Cc1ccc(CCC(=O)N2CCN(c3oc(-c4ccco4)nc3C#N)CC2)cc1. The van der Waals surface area contributed by atoms with Gasteiger partial charge in [-0.2, -0.15) is 10.2 Å². The number of hydrogen-bond donors (Lipinski definition) is 0. The third kappa shape index (κ3) is 4.16. The highest BCUT2D eigenvalue weighted by Gasteiger charge is 2.26. The smallest absolute Gasteiger partial charge is 0.266 e. The van der Waals surface area contributed by atoms with Crippen LogP contribution < -0.4 is 4.90 Å². The monoisotopic (exact) mass is 390 g/mol. The number of oxazole rings is 1. The van der Waals surface area contributed by atoms with E-state index in [0.717, 1.165) is 6.42 Å². The predicted molar refractivity (Wildman–Crippen MR) is 107 cm³/mol. The van der Waals surface area contributed by atoms with Gasteiger partial charge in [0.15, 0.2) is 5.76 Å². The van der Waals surface area contributed by atoms with Crippen LogP contribution in [0.1, 0.15) is 23.2 Å². The van der Waals surface area contributed by atoms with Gasteiger partial charge in [-0.1, -0.05) is 29.8 Å². The van der Waals surface area contributed by atoms with Crippen LogP contribution in [0.15, 0.2) is 51.5 Å². The Balaban J connectivity index is 1.35. The molecule has 0 spiro atoms. The molecule has 7 heteroatoms. The van der Waals surface area contributed by atoms with E-state index in [1.807, 2.05) is 9.80 Å². The first kappa shape index (κ1) is 18.8. The highest BCUT2D eigenvalue weighted by atomic mass is 16.4. The maximum absolute atomic E-state index is 12.6. The molecule has 0 N–H and O–H groups in total. The van der Waals surface area contributed by atoms with Gasteiger partial charge in [0, 0.05) is 32.6 Å². The van der Waals surface area contributed by atoms with Crippen molar-refractivity contribution < 1.29 is 13.6 Å². The lowest BCUT2D eigenvalue weighted by Gasteiger charge is -2.34. The number of rotatable bonds is 5. The standard InChI is InChI=1S/C22H22N4O3/c1-16-4-6-17(7-5-16)8-9-20(27)25-10-12-26(13-11-25)22-18(15-23)24-21(29-22)19-3-2-14-28-19/h2-7,14H,8-13H2,1H3. The fourth-order valence-electron chi connectivity index (χ4n) is 3.43. The summed E-state index contributed by atoms with van der Waals surface area (Å²) < 4.78 is 11.1. The van der Waals surface area contributed by atoms with E-state index in [-0.39, 0.29) is 17.5 Å². The van der Waals surface area contributed by atoms with Crippen LogP contribution in [0.5, 0.6) is 0 Å². The maximum Gasteiger partial charge on any atom is 0.266 e. The number of hydrogen-bond acceptors (Lipinski definition) is 6. The van der Waals surface area contributed by atoms with E-state index in [4.69, 9.17) is 8.83 Å². The fourth-order valence-corrected chi connectivity index (χ4v) is 3.43. The van der Waals surface area contributed by atoms with Gasteiger partial charge in [0.25, 0.3) is 5.89 Å². The molecule has 0 radical (unpaired) electrons. The van der Waals surface area contributed by atoms with Gasteiger partial charge in [-0.3, -0.25) is 4.79 Å². The van der Waals surface area contributed by atoms with Crippen molar-refractivity contribution >= 4 is 11.8 Å². The first-order chi connectivity index (χ1) is 14.1. The number of amides is 1. The summed E-state index contributed by atoms with van der Waals surface area (Å²) >= 11 is 0. The second kappa shape index (κ2) is 8.23. The molecular weight excluding hydrogens is 368 g/mol. The molecule has 1 amide bonds. The van der Waals surface area contributed by atoms with Gasteiger partial charge in [-0.25, -0.2) is 0 Å². The van der Waals surface area contributed by atoms with E-state index in [1.54, 1.807) is 12.1 Å². The normalized spacial score (nSPS) is 14.1. The summed E-state index contributed by atoms with van der Waals surface area (Å²) in [6.45, 7) is 4.43. The number of nitrogens with zero attached hydrogens (tertiary/aromatic N) is 4. The lowest BCUT2D eigenvalue weighted by molar-refractivity contribution is -0.131. The molecule has 1 fully saturated rings. The zero-order valence-corrected chi connectivity index (χ0v) is 16.3. The van der Waals surface area contributed by atoms with Gasteiger partial charge >= 0.3 is 0 Å². The Kier molecular flexibility index (Phi) is 5.34. The molecular formula is C22H22N4O3. The average Bonchev–Trinajstić information content (AvgIpc) is 3.43. The summed E-state index contributed by atoms with van der Waals surface area (Å²) in [5, 5.41) is 9.40. The van der Waals surface area contributed by atoms with Crippen LogP contribution >= 0.6 is 0 Å². The number of anilines is 1. The molecule has 1 aliphatic rings. The topological polar surface area (TPSA) is 86.5 Å². The number of furan rings is 1. The highest BCUT2D eigenvalue weighted by Crippen LogP contribution is 2.29. The Hall–Kier alpha value is -3.53. The van der Waals surface area contributed by atoms with Crippen molar-refractivity contribution in [3.8, 4) is 17.7 Å². The summed E-state index contributed by atoms with van der Waals surface area (Å²) in [6.07, 6.45) is 2.77. The first-order valence-corrected chi connectivity index (χ1v) is 9.67. The molecule has 2 aromatic heterocycles. The number of aryl methyl sites for hydroxylation is 2. The molecule has 148 valence electrons. The molecule has 0 atom stereocenters. The van der Waals surface area contributed by atoms with Crippen LogP contribution in [-0.2, 0) is 11.2 Å². The minimum Gasteiger partial charge on any atom is -0.459 e. The summed E-state index contributed by atoms with van der Waals surface area (Å²) in [5.74, 6) is 1.36. The lowest BCUT2D eigenvalue weighted by Crippen LogP contribution is -2.49. The van der Waals surface area contributed by atoms with Crippen LogP contribution in [0.25, 0.3) is 11.7 Å². The van der Waals surface area contributed by atoms with Crippen molar-refractivity contribution in [2.24, 2.45) is 0 Å².